The summed E-state index contributed by atoms with van der Waals surface area (Å²) < 4.78 is 0. The van der Waals surface area contributed by atoms with E-state index in [4.69, 9.17) is 0 Å². The Balaban J connectivity index is 3.03. The van der Waals surface area contributed by atoms with Gasteiger partial charge >= 0.3 is 0 Å². The van der Waals surface area contributed by atoms with Gasteiger partial charge in [0.25, 0.3) is 5.91 Å². The van der Waals surface area contributed by atoms with Gasteiger partial charge in [-0.2, -0.15) is 0 Å². The number of aryl methyl sites for hydroxylation is 1. The molecule has 0 fully saturated rings. The first-order valence-electron chi connectivity index (χ1n) is 3.39. The second-order valence-electron chi connectivity index (χ2n) is 2.32. The van der Waals surface area contributed by atoms with E-state index >= 15 is 0 Å². The Morgan fingerprint density at radius 2 is 2.09 bits per heavy atom. The molecule has 0 saturated heterocycles. The fourth-order valence-electron chi connectivity index (χ4n) is 0.923. The SMILES string of the molecule is [CH2]NC(=O)c1ccccc1C. The van der Waals surface area contributed by atoms with E-state index in [1.807, 2.05) is 25.1 Å². The number of nitrogens with one attached hydrogen (secondary N) is 1. The van der Waals surface area contributed by atoms with E-state index in [2.05, 4.69) is 12.4 Å². The topological polar surface area (TPSA) is 29.1 Å². The van der Waals surface area contributed by atoms with Crippen LogP contribution in [-0.2, 0) is 0 Å². The maximum Gasteiger partial charge on any atom is 0.251 e. The predicted octanol–water partition coefficient (Wildman–Crippen LogP) is 1.52. The average molecular weight is 148 g/mol. The van der Waals surface area contributed by atoms with Crippen LogP contribution in [0.25, 0.3) is 0 Å². The molecule has 0 heterocycles. The van der Waals surface area contributed by atoms with Crippen molar-refractivity contribution in [2.75, 3.05) is 0 Å². The Labute approximate surface area is 66.2 Å². The van der Waals surface area contributed by atoms with Gasteiger partial charge in [0.05, 0.1) is 0 Å². The molecule has 0 unspecified atom stereocenters. The molecule has 0 bridgehead atoms. The van der Waals surface area contributed by atoms with Crippen molar-refractivity contribution in [3.05, 3.63) is 42.4 Å². The van der Waals surface area contributed by atoms with Crippen LogP contribution in [-0.4, -0.2) is 5.91 Å². The first-order valence-corrected chi connectivity index (χ1v) is 3.39. The van der Waals surface area contributed by atoms with Crippen molar-refractivity contribution in [1.82, 2.24) is 5.32 Å². The molecular weight excluding hydrogens is 138 g/mol. The zero-order valence-corrected chi connectivity index (χ0v) is 6.42. The number of benzene rings is 1. The third-order valence-electron chi connectivity index (χ3n) is 1.55. The number of rotatable bonds is 1. The summed E-state index contributed by atoms with van der Waals surface area (Å²) in [7, 11) is 3.30. The van der Waals surface area contributed by atoms with E-state index in [-0.39, 0.29) is 5.91 Å². The fourth-order valence-corrected chi connectivity index (χ4v) is 0.923. The monoisotopic (exact) mass is 148 g/mol. The number of hydrogen-bond donors (Lipinski definition) is 1. The van der Waals surface area contributed by atoms with Crippen molar-refractivity contribution in [1.29, 1.82) is 0 Å². The molecule has 11 heavy (non-hydrogen) atoms. The first-order chi connectivity index (χ1) is 5.25. The summed E-state index contributed by atoms with van der Waals surface area (Å²) in [4.78, 5) is 11.1. The molecule has 0 aromatic heterocycles. The Hall–Kier alpha value is -1.31. The van der Waals surface area contributed by atoms with Crippen LogP contribution in [0, 0.1) is 14.0 Å². The van der Waals surface area contributed by atoms with Crippen LogP contribution in [0.4, 0.5) is 0 Å². The highest BCUT2D eigenvalue weighted by atomic mass is 16.1. The minimum atomic E-state index is -0.136. The molecule has 0 aliphatic carbocycles. The lowest BCUT2D eigenvalue weighted by Gasteiger charge is -2.01. The maximum absolute atomic E-state index is 11.1. The maximum atomic E-state index is 11.1. The fraction of sp³-hybridized carbons (Fsp3) is 0.111. The second-order valence-corrected chi connectivity index (χ2v) is 2.32. The van der Waals surface area contributed by atoms with Crippen LogP contribution < -0.4 is 5.32 Å². The van der Waals surface area contributed by atoms with Crippen molar-refractivity contribution in [3.63, 3.8) is 0 Å². The van der Waals surface area contributed by atoms with E-state index in [0.29, 0.717) is 5.56 Å². The minimum Gasteiger partial charge on any atom is -0.350 e. The molecule has 0 saturated carbocycles. The van der Waals surface area contributed by atoms with E-state index in [9.17, 15) is 4.79 Å². The summed E-state index contributed by atoms with van der Waals surface area (Å²) in [6, 6.07) is 7.40. The smallest absolute Gasteiger partial charge is 0.251 e. The predicted molar refractivity (Wildman–Crippen MR) is 44.0 cm³/mol. The van der Waals surface area contributed by atoms with Crippen LogP contribution in [0.15, 0.2) is 24.3 Å². The molecule has 0 spiro atoms. The summed E-state index contributed by atoms with van der Waals surface area (Å²) in [5, 5.41) is 2.33. The Kier molecular flexibility index (Phi) is 2.26. The molecule has 1 rings (SSSR count). The highest BCUT2D eigenvalue weighted by Gasteiger charge is 2.03. The molecule has 1 aromatic rings. The number of amides is 1. The number of carbonyl (C=O) groups excluding carboxylic acids is 1. The zero-order valence-electron chi connectivity index (χ0n) is 6.42. The van der Waals surface area contributed by atoms with E-state index in [1.54, 1.807) is 6.07 Å². The lowest BCUT2D eigenvalue weighted by Crippen LogP contribution is -2.16. The Morgan fingerprint density at radius 3 is 2.64 bits per heavy atom. The van der Waals surface area contributed by atoms with Crippen molar-refractivity contribution >= 4 is 5.91 Å². The van der Waals surface area contributed by atoms with E-state index < -0.39 is 0 Å². The van der Waals surface area contributed by atoms with Crippen molar-refractivity contribution in [2.45, 2.75) is 6.92 Å². The van der Waals surface area contributed by atoms with Crippen LogP contribution in [0.3, 0.4) is 0 Å². The van der Waals surface area contributed by atoms with Gasteiger partial charge in [-0.3, -0.25) is 4.79 Å². The summed E-state index contributed by atoms with van der Waals surface area (Å²) in [5.41, 5.74) is 1.65. The third-order valence-corrected chi connectivity index (χ3v) is 1.55. The lowest BCUT2D eigenvalue weighted by molar-refractivity contribution is 0.0968. The molecule has 0 aliphatic heterocycles. The zero-order chi connectivity index (χ0) is 8.27. The Bertz CT molecular complexity index is 268. The van der Waals surface area contributed by atoms with Gasteiger partial charge in [0.1, 0.15) is 0 Å². The third kappa shape index (κ3) is 1.58. The highest BCUT2D eigenvalue weighted by Crippen LogP contribution is 2.05. The standard InChI is InChI=1S/C9H10NO/c1-7-5-3-4-6-8(7)9(11)10-2/h3-6H,2H2,1H3,(H,10,11). The first kappa shape index (κ1) is 7.79. The van der Waals surface area contributed by atoms with Crippen LogP contribution >= 0.6 is 0 Å². The minimum absolute atomic E-state index is 0.136. The molecule has 0 atom stereocenters. The number of hydrogen-bond acceptors (Lipinski definition) is 1. The average Bonchev–Trinajstić information content (AvgIpc) is 2.04. The molecular formula is C9H10NO. The molecule has 1 aromatic carbocycles. The van der Waals surface area contributed by atoms with Gasteiger partial charge in [0, 0.05) is 12.6 Å². The van der Waals surface area contributed by atoms with Gasteiger partial charge in [-0.1, -0.05) is 18.2 Å². The van der Waals surface area contributed by atoms with E-state index in [1.165, 1.54) is 0 Å². The van der Waals surface area contributed by atoms with Crippen LogP contribution in [0.5, 0.6) is 0 Å². The molecule has 1 radical (unpaired) electrons. The van der Waals surface area contributed by atoms with Crippen molar-refractivity contribution in [3.8, 4) is 0 Å². The molecule has 1 amide bonds. The quantitative estimate of drug-likeness (QED) is 0.642. The van der Waals surface area contributed by atoms with Gasteiger partial charge in [-0.15, -0.1) is 0 Å². The molecule has 2 heteroatoms. The molecule has 2 nitrogen and oxygen atoms in total. The summed E-state index contributed by atoms with van der Waals surface area (Å²) >= 11 is 0. The summed E-state index contributed by atoms with van der Waals surface area (Å²) in [5.74, 6) is -0.136. The van der Waals surface area contributed by atoms with Crippen molar-refractivity contribution in [2.24, 2.45) is 0 Å². The largest absolute Gasteiger partial charge is 0.350 e. The van der Waals surface area contributed by atoms with Gasteiger partial charge in [0.2, 0.25) is 0 Å². The highest BCUT2D eigenvalue weighted by molar-refractivity contribution is 5.95. The summed E-state index contributed by atoms with van der Waals surface area (Å²) in [6.07, 6.45) is 0. The van der Waals surface area contributed by atoms with Gasteiger partial charge in [-0.05, 0) is 18.6 Å². The molecule has 57 valence electrons. The number of carbonyl (C=O) groups is 1. The molecule has 0 aliphatic rings. The van der Waals surface area contributed by atoms with E-state index in [0.717, 1.165) is 5.56 Å². The summed E-state index contributed by atoms with van der Waals surface area (Å²) in [6.45, 7) is 1.89. The van der Waals surface area contributed by atoms with Crippen LogP contribution in [0.2, 0.25) is 0 Å². The normalized spacial score (nSPS) is 9.27. The second kappa shape index (κ2) is 3.19. The van der Waals surface area contributed by atoms with Crippen LogP contribution in [0.1, 0.15) is 15.9 Å². The Morgan fingerprint density at radius 1 is 1.45 bits per heavy atom. The van der Waals surface area contributed by atoms with Gasteiger partial charge in [0.15, 0.2) is 0 Å². The lowest BCUT2D eigenvalue weighted by atomic mass is 10.1. The molecule has 1 N–H and O–H groups in total. The van der Waals surface area contributed by atoms with Gasteiger partial charge in [-0.25, -0.2) is 0 Å². The van der Waals surface area contributed by atoms with Gasteiger partial charge < -0.3 is 5.32 Å². The van der Waals surface area contributed by atoms with Crippen molar-refractivity contribution < 1.29 is 4.79 Å².